The van der Waals surface area contributed by atoms with E-state index in [2.05, 4.69) is 26.6 Å². The minimum absolute atomic E-state index is 0.328. The predicted octanol–water partition coefficient (Wildman–Crippen LogP) is 3.10. The zero-order valence-corrected chi connectivity index (χ0v) is 14.4. The summed E-state index contributed by atoms with van der Waals surface area (Å²) in [5.41, 5.74) is 3.03. The zero-order chi connectivity index (χ0) is 17.1. The van der Waals surface area contributed by atoms with E-state index < -0.39 is 0 Å². The fraction of sp³-hybridized carbons (Fsp3) is 0.133. The van der Waals surface area contributed by atoms with Crippen molar-refractivity contribution in [1.82, 2.24) is 15.2 Å². The van der Waals surface area contributed by atoms with Gasteiger partial charge in [0, 0.05) is 22.8 Å². The average Bonchev–Trinajstić information content (AvgIpc) is 3.23. The number of amides is 1. The monoisotopic (exact) mass is 357 g/mol. The molecule has 3 aromatic heterocycles. The topological polar surface area (TPSA) is 101 Å². The molecule has 0 fully saturated rings. The molecule has 0 aliphatic rings. The first kappa shape index (κ1) is 16.0. The molecular weight excluding hydrogens is 346 g/mol. The van der Waals surface area contributed by atoms with Crippen LogP contribution in [0.4, 0.5) is 5.13 Å². The Hall–Kier alpha value is -2.83. The van der Waals surface area contributed by atoms with Crippen molar-refractivity contribution in [2.75, 3.05) is 12.4 Å². The van der Waals surface area contributed by atoms with Crippen molar-refractivity contribution in [2.45, 2.75) is 6.92 Å². The Morgan fingerprint density at radius 2 is 2.17 bits per heavy atom. The molecule has 0 aliphatic heterocycles. The minimum Gasteiger partial charge on any atom is -0.472 e. The SMILES string of the molecule is COc1nnc(NC(=O)c2cnc(C)cc2-c2cscc2C#N)s1. The number of hydrogen-bond donors (Lipinski definition) is 1. The van der Waals surface area contributed by atoms with Crippen molar-refractivity contribution < 1.29 is 9.53 Å². The number of methoxy groups -OCH3 is 1. The first-order valence-electron chi connectivity index (χ1n) is 6.74. The highest BCUT2D eigenvalue weighted by Gasteiger charge is 2.18. The van der Waals surface area contributed by atoms with Crippen molar-refractivity contribution in [3.8, 4) is 22.4 Å². The molecule has 0 bridgehead atoms. The van der Waals surface area contributed by atoms with Crippen molar-refractivity contribution in [3.05, 3.63) is 39.8 Å². The second-order valence-corrected chi connectivity index (χ2v) is 6.40. The zero-order valence-electron chi connectivity index (χ0n) is 12.7. The Balaban J connectivity index is 1.98. The normalized spacial score (nSPS) is 10.2. The molecule has 0 spiro atoms. The van der Waals surface area contributed by atoms with Crippen LogP contribution in [0.15, 0.2) is 23.0 Å². The number of carbonyl (C=O) groups is 1. The van der Waals surface area contributed by atoms with Gasteiger partial charge < -0.3 is 4.74 Å². The third kappa shape index (κ3) is 3.10. The van der Waals surface area contributed by atoms with Gasteiger partial charge in [0.15, 0.2) is 0 Å². The molecule has 7 nitrogen and oxygen atoms in total. The van der Waals surface area contributed by atoms with Gasteiger partial charge in [0.25, 0.3) is 11.1 Å². The molecule has 0 aromatic carbocycles. The number of aryl methyl sites for hydroxylation is 1. The van der Waals surface area contributed by atoms with E-state index in [1.807, 2.05) is 12.3 Å². The molecule has 3 rings (SSSR count). The summed E-state index contributed by atoms with van der Waals surface area (Å²) >= 11 is 2.53. The number of aromatic nitrogens is 3. The van der Waals surface area contributed by atoms with Gasteiger partial charge in [-0.3, -0.25) is 15.1 Å². The van der Waals surface area contributed by atoms with Crippen LogP contribution in [0.1, 0.15) is 21.6 Å². The van der Waals surface area contributed by atoms with Gasteiger partial charge in [-0.25, -0.2) is 0 Å². The Morgan fingerprint density at radius 1 is 1.33 bits per heavy atom. The summed E-state index contributed by atoms with van der Waals surface area (Å²) in [5, 5.41) is 23.8. The van der Waals surface area contributed by atoms with Gasteiger partial charge >= 0.3 is 0 Å². The van der Waals surface area contributed by atoms with E-state index in [1.54, 1.807) is 11.4 Å². The number of rotatable bonds is 4. The van der Waals surface area contributed by atoms with E-state index in [1.165, 1.54) is 24.6 Å². The highest BCUT2D eigenvalue weighted by molar-refractivity contribution is 7.17. The van der Waals surface area contributed by atoms with E-state index in [4.69, 9.17) is 4.74 Å². The minimum atomic E-state index is -0.369. The number of nitriles is 1. The Morgan fingerprint density at radius 3 is 2.88 bits per heavy atom. The third-order valence-corrected chi connectivity index (χ3v) is 4.70. The van der Waals surface area contributed by atoms with Crippen LogP contribution >= 0.6 is 22.7 Å². The summed E-state index contributed by atoms with van der Waals surface area (Å²) in [5.74, 6) is -0.369. The summed E-state index contributed by atoms with van der Waals surface area (Å²) in [6, 6.07) is 3.93. The Bertz CT molecular complexity index is 941. The number of pyridine rings is 1. The molecule has 0 radical (unpaired) electrons. The molecule has 0 atom stereocenters. The lowest BCUT2D eigenvalue weighted by Crippen LogP contribution is -2.14. The molecule has 0 saturated carbocycles. The average molecular weight is 357 g/mol. The lowest BCUT2D eigenvalue weighted by Gasteiger charge is -2.09. The summed E-state index contributed by atoms with van der Waals surface area (Å²) < 4.78 is 4.96. The van der Waals surface area contributed by atoms with Crippen LogP contribution in [0.25, 0.3) is 11.1 Å². The quantitative estimate of drug-likeness (QED) is 0.770. The fourth-order valence-electron chi connectivity index (χ4n) is 2.06. The van der Waals surface area contributed by atoms with E-state index in [9.17, 15) is 10.1 Å². The summed E-state index contributed by atoms with van der Waals surface area (Å²) in [7, 11) is 1.48. The van der Waals surface area contributed by atoms with Gasteiger partial charge in [-0.2, -0.15) is 16.6 Å². The number of ether oxygens (including phenoxy) is 1. The molecule has 1 amide bonds. The lowest BCUT2D eigenvalue weighted by atomic mass is 10.00. The van der Waals surface area contributed by atoms with Crippen LogP contribution in [-0.2, 0) is 0 Å². The largest absolute Gasteiger partial charge is 0.472 e. The molecule has 1 N–H and O–H groups in total. The summed E-state index contributed by atoms with van der Waals surface area (Å²) in [6.07, 6.45) is 1.50. The van der Waals surface area contributed by atoms with Gasteiger partial charge in [-0.1, -0.05) is 5.10 Å². The number of hydrogen-bond acceptors (Lipinski definition) is 8. The standard InChI is InChI=1S/C15H11N5O2S2/c1-8-3-10(12-7-23-6-9(12)4-16)11(5-17-8)13(21)18-14-19-20-15(22-2)24-14/h3,5-7H,1-2H3,(H,18,19,21). The molecule has 3 heterocycles. The Labute approximate surface area is 145 Å². The highest BCUT2D eigenvalue weighted by atomic mass is 32.1. The maximum atomic E-state index is 12.6. The first-order chi connectivity index (χ1) is 11.6. The second-order valence-electron chi connectivity index (χ2n) is 4.71. The number of nitrogens with one attached hydrogen (secondary N) is 1. The van der Waals surface area contributed by atoms with Crippen molar-refractivity contribution in [1.29, 1.82) is 5.26 Å². The predicted molar refractivity (Wildman–Crippen MR) is 91.4 cm³/mol. The molecule has 0 aliphatic carbocycles. The smallest absolute Gasteiger partial charge is 0.295 e. The number of nitrogens with zero attached hydrogens (tertiary/aromatic N) is 4. The molecule has 0 saturated heterocycles. The maximum absolute atomic E-state index is 12.6. The van der Waals surface area contributed by atoms with Crippen LogP contribution in [0, 0.1) is 18.3 Å². The van der Waals surface area contributed by atoms with Crippen LogP contribution < -0.4 is 10.1 Å². The summed E-state index contributed by atoms with van der Waals surface area (Å²) in [6.45, 7) is 1.83. The molecule has 9 heteroatoms. The fourth-order valence-corrected chi connectivity index (χ4v) is 3.39. The van der Waals surface area contributed by atoms with Gasteiger partial charge in [-0.15, -0.1) is 5.10 Å². The van der Waals surface area contributed by atoms with Gasteiger partial charge in [0.05, 0.1) is 18.2 Å². The molecule has 120 valence electrons. The van der Waals surface area contributed by atoms with Crippen molar-refractivity contribution >= 4 is 33.7 Å². The summed E-state index contributed by atoms with van der Waals surface area (Å²) in [4.78, 5) is 16.8. The molecule has 0 unspecified atom stereocenters. The first-order valence-corrected chi connectivity index (χ1v) is 8.50. The lowest BCUT2D eigenvalue weighted by molar-refractivity contribution is 0.102. The third-order valence-electron chi connectivity index (χ3n) is 3.16. The van der Waals surface area contributed by atoms with Gasteiger partial charge in [-0.05, 0) is 35.3 Å². The van der Waals surface area contributed by atoms with Crippen molar-refractivity contribution in [2.24, 2.45) is 0 Å². The second kappa shape index (κ2) is 6.74. The molecular formula is C15H11N5O2S2. The van der Waals surface area contributed by atoms with E-state index in [0.29, 0.717) is 32.6 Å². The molecule has 3 aromatic rings. The van der Waals surface area contributed by atoms with Gasteiger partial charge in [0.2, 0.25) is 5.13 Å². The van der Waals surface area contributed by atoms with Crippen LogP contribution in [0.3, 0.4) is 0 Å². The number of anilines is 1. The van der Waals surface area contributed by atoms with Crippen molar-refractivity contribution in [3.63, 3.8) is 0 Å². The van der Waals surface area contributed by atoms with E-state index in [0.717, 1.165) is 17.0 Å². The van der Waals surface area contributed by atoms with Crippen LogP contribution in [0.2, 0.25) is 0 Å². The number of carbonyl (C=O) groups excluding carboxylic acids is 1. The van der Waals surface area contributed by atoms with E-state index in [-0.39, 0.29) is 5.91 Å². The van der Waals surface area contributed by atoms with Gasteiger partial charge in [0.1, 0.15) is 6.07 Å². The molecule has 24 heavy (non-hydrogen) atoms. The highest BCUT2D eigenvalue weighted by Crippen LogP contribution is 2.31. The maximum Gasteiger partial charge on any atom is 0.295 e. The van der Waals surface area contributed by atoms with Crippen LogP contribution in [0.5, 0.6) is 5.19 Å². The Kier molecular flexibility index (Phi) is 4.50. The van der Waals surface area contributed by atoms with Crippen LogP contribution in [-0.4, -0.2) is 28.2 Å². The van der Waals surface area contributed by atoms with E-state index >= 15 is 0 Å². The number of thiophene rings is 1.